The van der Waals surface area contributed by atoms with E-state index in [2.05, 4.69) is 20.8 Å². The summed E-state index contributed by atoms with van der Waals surface area (Å²) in [5.41, 5.74) is 0.701. The monoisotopic (exact) mass is 234 g/mol. The molecule has 1 aromatic rings. The van der Waals surface area contributed by atoms with Crippen molar-refractivity contribution in [3.63, 3.8) is 0 Å². The van der Waals surface area contributed by atoms with E-state index in [0.29, 0.717) is 12.3 Å². The van der Waals surface area contributed by atoms with Gasteiger partial charge in [-0.15, -0.1) is 0 Å². The van der Waals surface area contributed by atoms with E-state index in [1.54, 1.807) is 0 Å². The molecular weight excluding hydrogens is 212 g/mol. The summed E-state index contributed by atoms with van der Waals surface area (Å²) in [6.07, 6.45) is 2.43. The summed E-state index contributed by atoms with van der Waals surface area (Å²) in [5, 5.41) is 10.2. The Bertz CT molecular complexity index is 386. The molecule has 2 nitrogen and oxygen atoms in total. The van der Waals surface area contributed by atoms with Gasteiger partial charge in [-0.2, -0.15) is 0 Å². The fraction of sp³-hybridized carbons (Fsp3) is 0.600. The van der Waals surface area contributed by atoms with Crippen LogP contribution >= 0.6 is 0 Å². The smallest absolute Gasteiger partial charge is 0.125 e. The lowest BCUT2D eigenvalue weighted by molar-refractivity contribution is -0.0100. The predicted molar refractivity (Wildman–Crippen MR) is 69.1 cm³/mol. The predicted octanol–water partition coefficient (Wildman–Crippen LogP) is 3.70. The topological polar surface area (TPSA) is 29.5 Å². The maximum atomic E-state index is 10.2. The van der Waals surface area contributed by atoms with Crippen molar-refractivity contribution in [2.24, 2.45) is 5.92 Å². The summed E-state index contributed by atoms with van der Waals surface area (Å²) < 4.78 is 6.08. The molecule has 17 heavy (non-hydrogen) atoms. The van der Waals surface area contributed by atoms with Crippen LogP contribution in [0.25, 0.3) is 0 Å². The van der Waals surface area contributed by atoms with E-state index in [4.69, 9.17) is 4.74 Å². The minimum Gasteiger partial charge on any atom is -0.487 e. The Kier molecular flexibility index (Phi) is 3.43. The Morgan fingerprint density at radius 1 is 1.41 bits per heavy atom. The van der Waals surface area contributed by atoms with E-state index in [-0.39, 0.29) is 5.60 Å². The van der Waals surface area contributed by atoms with E-state index in [1.165, 1.54) is 0 Å². The number of ether oxygens (including phenoxy) is 1. The number of aliphatic hydroxyl groups excluding tert-OH is 1. The van der Waals surface area contributed by atoms with Crippen LogP contribution in [0.5, 0.6) is 5.75 Å². The molecule has 1 aromatic carbocycles. The Morgan fingerprint density at radius 2 is 2.12 bits per heavy atom. The molecular formula is C15H22O2. The zero-order valence-corrected chi connectivity index (χ0v) is 10.9. The first-order valence-corrected chi connectivity index (χ1v) is 6.46. The van der Waals surface area contributed by atoms with Gasteiger partial charge in [-0.25, -0.2) is 0 Å². The number of aliphatic hydroxyl groups is 1. The highest BCUT2D eigenvalue weighted by atomic mass is 16.5. The highest BCUT2D eigenvalue weighted by Gasteiger charge is 2.36. The average Bonchev–Trinajstić information content (AvgIpc) is 2.26. The molecule has 0 spiro atoms. The quantitative estimate of drug-likeness (QED) is 0.864. The minimum atomic E-state index is -0.392. The van der Waals surface area contributed by atoms with Crippen LogP contribution in [0, 0.1) is 5.92 Å². The molecule has 0 saturated carbocycles. The standard InChI is InChI=1S/C15H22O2/c1-11(2)8-9-15(3)10-13(16)12-6-4-5-7-14(12)17-15/h4-7,11,13,16H,8-10H2,1-3H3. The molecule has 1 aliphatic heterocycles. The van der Waals surface area contributed by atoms with Gasteiger partial charge in [0.15, 0.2) is 0 Å². The number of hydrogen-bond acceptors (Lipinski definition) is 2. The van der Waals surface area contributed by atoms with E-state index >= 15 is 0 Å². The van der Waals surface area contributed by atoms with Crippen molar-refractivity contribution >= 4 is 0 Å². The first kappa shape index (κ1) is 12.4. The second-order valence-corrected chi connectivity index (χ2v) is 5.74. The van der Waals surface area contributed by atoms with Gasteiger partial charge in [0, 0.05) is 12.0 Å². The van der Waals surface area contributed by atoms with Crippen molar-refractivity contribution < 1.29 is 9.84 Å². The molecule has 2 unspecified atom stereocenters. The Hall–Kier alpha value is -1.02. The van der Waals surface area contributed by atoms with Crippen LogP contribution in [-0.2, 0) is 0 Å². The minimum absolute atomic E-state index is 0.224. The molecule has 0 aliphatic carbocycles. The summed E-state index contributed by atoms with van der Waals surface area (Å²) in [7, 11) is 0. The van der Waals surface area contributed by atoms with Gasteiger partial charge >= 0.3 is 0 Å². The summed E-state index contributed by atoms with van der Waals surface area (Å²) >= 11 is 0. The molecule has 0 bridgehead atoms. The van der Waals surface area contributed by atoms with Crippen LogP contribution < -0.4 is 4.74 Å². The van der Waals surface area contributed by atoms with Crippen molar-refractivity contribution in [1.29, 1.82) is 0 Å². The Balaban J connectivity index is 2.15. The molecule has 0 amide bonds. The van der Waals surface area contributed by atoms with Gasteiger partial charge < -0.3 is 9.84 Å². The van der Waals surface area contributed by atoms with Crippen molar-refractivity contribution in [1.82, 2.24) is 0 Å². The zero-order chi connectivity index (χ0) is 12.5. The van der Waals surface area contributed by atoms with Gasteiger partial charge in [-0.3, -0.25) is 0 Å². The van der Waals surface area contributed by atoms with E-state index in [1.807, 2.05) is 24.3 Å². The largest absolute Gasteiger partial charge is 0.487 e. The van der Waals surface area contributed by atoms with Gasteiger partial charge in [-0.05, 0) is 31.7 Å². The van der Waals surface area contributed by atoms with Crippen LogP contribution in [0.4, 0.5) is 0 Å². The maximum absolute atomic E-state index is 10.2. The molecule has 0 radical (unpaired) electrons. The molecule has 2 rings (SSSR count). The second-order valence-electron chi connectivity index (χ2n) is 5.74. The first-order chi connectivity index (χ1) is 8.00. The lowest BCUT2D eigenvalue weighted by Crippen LogP contribution is -2.38. The Labute approximate surface area is 104 Å². The van der Waals surface area contributed by atoms with Crippen molar-refractivity contribution in [3.05, 3.63) is 29.8 Å². The van der Waals surface area contributed by atoms with Gasteiger partial charge in [0.1, 0.15) is 11.4 Å². The third-order valence-electron chi connectivity index (χ3n) is 3.51. The lowest BCUT2D eigenvalue weighted by Gasteiger charge is -2.38. The van der Waals surface area contributed by atoms with Crippen molar-refractivity contribution in [2.75, 3.05) is 0 Å². The molecule has 0 fully saturated rings. The number of benzene rings is 1. The lowest BCUT2D eigenvalue weighted by atomic mass is 9.85. The third kappa shape index (κ3) is 2.81. The van der Waals surface area contributed by atoms with E-state index in [0.717, 1.165) is 24.2 Å². The second kappa shape index (κ2) is 4.69. The Morgan fingerprint density at radius 3 is 2.82 bits per heavy atom. The molecule has 1 heterocycles. The van der Waals surface area contributed by atoms with Gasteiger partial charge in [0.2, 0.25) is 0 Å². The summed E-state index contributed by atoms with van der Waals surface area (Å²) in [4.78, 5) is 0. The summed E-state index contributed by atoms with van der Waals surface area (Å²) in [5.74, 6) is 1.52. The highest BCUT2D eigenvalue weighted by Crippen LogP contribution is 2.41. The molecule has 2 atom stereocenters. The van der Waals surface area contributed by atoms with E-state index < -0.39 is 6.10 Å². The van der Waals surface area contributed by atoms with Crippen LogP contribution in [0.15, 0.2) is 24.3 Å². The SMILES string of the molecule is CC(C)CCC1(C)CC(O)c2ccccc2O1. The number of hydrogen-bond donors (Lipinski definition) is 1. The van der Waals surface area contributed by atoms with Crippen LogP contribution in [-0.4, -0.2) is 10.7 Å². The van der Waals surface area contributed by atoms with Crippen LogP contribution in [0.3, 0.4) is 0 Å². The van der Waals surface area contributed by atoms with Gasteiger partial charge in [-0.1, -0.05) is 32.0 Å². The fourth-order valence-electron chi connectivity index (χ4n) is 2.42. The normalized spacial score (nSPS) is 27.7. The van der Waals surface area contributed by atoms with Crippen LogP contribution in [0.2, 0.25) is 0 Å². The number of rotatable bonds is 3. The average molecular weight is 234 g/mol. The molecule has 1 aliphatic rings. The zero-order valence-electron chi connectivity index (χ0n) is 10.9. The number of para-hydroxylation sites is 1. The van der Waals surface area contributed by atoms with Crippen LogP contribution in [0.1, 0.15) is 51.7 Å². The van der Waals surface area contributed by atoms with Gasteiger partial charge in [0.05, 0.1) is 6.10 Å². The first-order valence-electron chi connectivity index (χ1n) is 6.46. The van der Waals surface area contributed by atoms with Crippen molar-refractivity contribution in [2.45, 2.75) is 51.7 Å². The molecule has 0 aromatic heterocycles. The summed E-state index contributed by atoms with van der Waals surface area (Å²) in [6.45, 7) is 6.54. The summed E-state index contributed by atoms with van der Waals surface area (Å²) in [6, 6.07) is 7.80. The molecule has 94 valence electrons. The fourth-order valence-corrected chi connectivity index (χ4v) is 2.42. The maximum Gasteiger partial charge on any atom is 0.125 e. The van der Waals surface area contributed by atoms with Gasteiger partial charge in [0.25, 0.3) is 0 Å². The molecule has 0 saturated heterocycles. The highest BCUT2D eigenvalue weighted by molar-refractivity contribution is 5.37. The third-order valence-corrected chi connectivity index (χ3v) is 3.51. The number of fused-ring (bicyclic) bond motifs is 1. The molecule has 2 heteroatoms. The molecule has 1 N–H and O–H groups in total. The van der Waals surface area contributed by atoms with Crippen molar-refractivity contribution in [3.8, 4) is 5.75 Å². The van der Waals surface area contributed by atoms with E-state index in [9.17, 15) is 5.11 Å².